The molecule has 134 valence electrons. The number of thiophene rings is 1. The van der Waals surface area contributed by atoms with E-state index in [1.807, 2.05) is 0 Å². The highest BCUT2D eigenvalue weighted by molar-refractivity contribution is 7.07. The number of nitrogens with zero attached hydrogens (tertiary/aromatic N) is 2. The molecule has 0 radical (unpaired) electrons. The summed E-state index contributed by atoms with van der Waals surface area (Å²) in [4.78, 5) is 17.1. The number of urea groups is 1. The topological polar surface area (TPSA) is 47.6 Å². The van der Waals surface area contributed by atoms with Crippen molar-refractivity contribution in [2.45, 2.75) is 44.2 Å². The van der Waals surface area contributed by atoms with Crippen molar-refractivity contribution < 1.29 is 4.79 Å². The summed E-state index contributed by atoms with van der Waals surface area (Å²) in [5.74, 6) is 0. The molecule has 1 aromatic rings. The number of hydrogen-bond acceptors (Lipinski definition) is 4. The molecule has 3 rings (SSSR count). The van der Waals surface area contributed by atoms with Crippen molar-refractivity contribution in [1.29, 1.82) is 0 Å². The summed E-state index contributed by atoms with van der Waals surface area (Å²) in [6.07, 6.45) is 6.04. The highest BCUT2D eigenvalue weighted by Crippen LogP contribution is 2.23. The van der Waals surface area contributed by atoms with Crippen molar-refractivity contribution in [3.8, 4) is 0 Å². The monoisotopic (exact) mass is 350 g/mol. The summed E-state index contributed by atoms with van der Waals surface area (Å²) in [6, 6.07) is 2.83. The summed E-state index contributed by atoms with van der Waals surface area (Å²) in [5.41, 5.74) is 1.32. The van der Waals surface area contributed by atoms with Crippen molar-refractivity contribution in [2.24, 2.45) is 0 Å². The summed E-state index contributed by atoms with van der Waals surface area (Å²) >= 11 is 1.73. The van der Waals surface area contributed by atoms with Gasteiger partial charge >= 0.3 is 6.03 Å². The minimum absolute atomic E-state index is 0.00347. The minimum Gasteiger partial charge on any atom is -0.336 e. The molecule has 2 fully saturated rings. The molecule has 1 saturated heterocycles. The fourth-order valence-corrected chi connectivity index (χ4v) is 4.44. The Bertz CT molecular complexity index is 493. The van der Waals surface area contributed by atoms with E-state index in [-0.39, 0.29) is 12.1 Å². The lowest BCUT2D eigenvalue weighted by Gasteiger charge is -2.38. The van der Waals surface area contributed by atoms with Crippen molar-refractivity contribution in [3.05, 3.63) is 22.4 Å². The normalized spacial score (nSPS) is 22.2. The number of piperazine rings is 1. The van der Waals surface area contributed by atoms with E-state index in [1.165, 1.54) is 24.8 Å². The molecule has 0 spiro atoms. The number of rotatable bonds is 5. The maximum Gasteiger partial charge on any atom is 0.315 e. The highest BCUT2D eigenvalue weighted by atomic mass is 32.1. The van der Waals surface area contributed by atoms with Crippen LogP contribution in [0.2, 0.25) is 0 Å². The van der Waals surface area contributed by atoms with Gasteiger partial charge in [0.2, 0.25) is 0 Å². The minimum atomic E-state index is -0.00347. The maximum absolute atomic E-state index is 12.3. The predicted molar refractivity (Wildman–Crippen MR) is 99.5 cm³/mol. The molecule has 6 heteroatoms. The second kappa shape index (κ2) is 8.83. The molecule has 2 N–H and O–H groups in total. The average molecular weight is 351 g/mol. The summed E-state index contributed by atoms with van der Waals surface area (Å²) in [5, 5.41) is 10.6. The van der Waals surface area contributed by atoms with E-state index < -0.39 is 0 Å². The van der Waals surface area contributed by atoms with Crippen LogP contribution in [-0.4, -0.2) is 61.6 Å². The van der Waals surface area contributed by atoms with Crippen molar-refractivity contribution >= 4 is 17.4 Å². The fourth-order valence-electron chi connectivity index (χ4n) is 3.73. The first kappa shape index (κ1) is 17.7. The zero-order valence-electron chi connectivity index (χ0n) is 14.7. The quantitative estimate of drug-likeness (QED) is 0.858. The zero-order chi connectivity index (χ0) is 16.8. The Morgan fingerprint density at radius 1 is 1.25 bits per heavy atom. The van der Waals surface area contributed by atoms with Crippen molar-refractivity contribution in [2.75, 3.05) is 39.8 Å². The molecule has 1 saturated carbocycles. The number of carbonyl (C=O) groups is 1. The molecule has 24 heavy (non-hydrogen) atoms. The van der Waals surface area contributed by atoms with E-state index in [0.29, 0.717) is 12.6 Å². The molecular weight excluding hydrogens is 320 g/mol. The molecule has 0 bridgehead atoms. The van der Waals surface area contributed by atoms with Crippen LogP contribution < -0.4 is 10.6 Å². The van der Waals surface area contributed by atoms with E-state index in [0.717, 1.165) is 39.0 Å². The van der Waals surface area contributed by atoms with Gasteiger partial charge in [-0.2, -0.15) is 11.3 Å². The second-order valence-corrected chi connectivity index (χ2v) is 7.88. The molecule has 1 aliphatic heterocycles. The van der Waals surface area contributed by atoms with Crippen LogP contribution in [0.25, 0.3) is 0 Å². The van der Waals surface area contributed by atoms with Crippen molar-refractivity contribution in [3.63, 3.8) is 0 Å². The van der Waals surface area contributed by atoms with Crippen LogP contribution >= 0.6 is 11.3 Å². The molecule has 1 atom stereocenters. The van der Waals surface area contributed by atoms with Gasteiger partial charge in [0, 0.05) is 38.8 Å². The Morgan fingerprint density at radius 2 is 2.00 bits per heavy atom. The number of nitrogens with one attached hydrogen (secondary N) is 2. The van der Waals surface area contributed by atoms with Gasteiger partial charge in [-0.05, 0) is 42.3 Å². The largest absolute Gasteiger partial charge is 0.336 e. The number of carbonyl (C=O) groups excluding carboxylic acids is 1. The molecule has 2 heterocycles. The van der Waals surface area contributed by atoms with E-state index >= 15 is 0 Å². The van der Waals surface area contributed by atoms with Gasteiger partial charge in [-0.1, -0.05) is 19.3 Å². The molecule has 0 aromatic carbocycles. The van der Waals surface area contributed by atoms with Gasteiger partial charge in [-0.3, -0.25) is 4.90 Å². The third-order valence-corrected chi connectivity index (χ3v) is 6.00. The maximum atomic E-state index is 12.3. The number of hydrogen-bond donors (Lipinski definition) is 2. The lowest BCUT2D eigenvalue weighted by molar-refractivity contribution is 0.111. The van der Waals surface area contributed by atoms with Crippen LogP contribution in [-0.2, 0) is 0 Å². The van der Waals surface area contributed by atoms with Crippen LogP contribution in [0.5, 0.6) is 0 Å². The number of likely N-dealkylation sites (N-methyl/N-ethyl adjacent to an activating group) is 1. The zero-order valence-corrected chi connectivity index (χ0v) is 15.5. The summed E-state index contributed by atoms with van der Waals surface area (Å²) in [7, 11) is 2.17. The Labute approximate surface area is 149 Å². The van der Waals surface area contributed by atoms with Crippen LogP contribution in [0, 0.1) is 0 Å². The fraction of sp³-hybridized carbons (Fsp3) is 0.722. The van der Waals surface area contributed by atoms with Crippen LogP contribution in [0.3, 0.4) is 0 Å². The lowest BCUT2D eigenvalue weighted by atomic mass is 9.96. The van der Waals surface area contributed by atoms with Crippen LogP contribution in [0.1, 0.15) is 43.7 Å². The first-order valence-corrected chi connectivity index (χ1v) is 10.2. The Balaban J connectivity index is 1.53. The first-order valence-electron chi connectivity index (χ1n) is 9.21. The molecule has 5 nitrogen and oxygen atoms in total. The third kappa shape index (κ3) is 4.94. The van der Waals surface area contributed by atoms with Gasteiger partial charge in [0.1, 0.15) is 0 Å². The van der Waals surface area contributed by atoms with Gasteiger partial charge in [0.05, 0.1) is 6.04 Å². The van der Waals surface area contributed by atoms with E-state index in [4.69, 9.17) is 0 Å². The Kier molecular flexibility index (Phi) is 6.51. The van der Waals surface area contributed by atoms with E-state index in [2.05, 4.69) is 44.3 Å². The SMILES string of the molecule is CN1CCN([C@H](CNC(=O)NC2CCCCC2)c2ccsc2)CC1. The van der Waals surface area contributed by atoms with Gasteiger partial charge in [0.25, 0.3) is 0 Å². The smallest absolute Gasteiger partial charge is 0.315 e. The van der Waals surface area contributed by atoms with Crippen LogP contribution in [0.15, 0.2) is 16.8 Å². The standard InChI is InChI=1S/C18H30N4OS/c1-21-8-10-22(11-9-21)17(15-7-12-24-14-15)13-19-18(23)20-16-5-3-2-4-6-16/h7,12,14,16-17H,2-6,8-11,13H2,1H3,(H2,19,20,23)/t17-/m1/s1. The summed E-state index contributed by atoms with van der Waals surface area (Å²) < 4.78 is 0. The molecule has 1 aromatic heterocycles. The molecule has 1 aliphatic carbocycles. The number of amides is 2. The molecule has 2 amide bonds. The van der Waals surface area contributed by atoms with Gasteiger partial charge in [0.15, 0.2) is 0 Å². The highest BCUT2D eigenvalue weighted by Gasteiger charge is 2.25. The van der Waals surface area contributed by atoms with E-state index in [1.54, 1.807) is 11.3 Å². The van der Waals surface area contributed by atoms with E-state index in [9.17, 15) is 4.79 Å². The van der Waals surface area contributed by atoms with Gasteiger partial charge in [-0.15, -0.1) is 0 Å². The van der Waals surface area contributed by atoms with Crippen LogP contribution in [0.4, 0.5) is 4.79 Å². The third-order valence-electron chi connectivity index (χ3n) is 5.30. The molecular formula is C18H30N4OS. The lowest BCUT2D eigenvalue weighted by Crippen LogP contribution is -2.50. The van der Waals surface area contributed by atoms with Gasteiger partial charge in [-0.25, -0.2) is 4.79 Å². The predicted octanol–water partition coefficient (Wildman–Crippen LogP) is 2.67. The molecule has 2 aliphatic rings. The molecule has 0 unspecified atom stereocenters. The second-order valence-electron chi connectivity index (χ2n) is 7.10. The Morgan fingerprint density at radius 3 is 2.67 bits per heavy atom. The first-order chi connectivity index (χ1) is 11.7. The average Bonchev–Trinajstić information content (AvgIpc) is 3.12. The summed E-state index contributed by atoms with van der Waals surface area (Å²) in [6.45, 7) is 4.98. The Hall–Kier alpha value is -1.11. The van der Waals surface area contributed by atoms with Crippen molar-refractivity contribution in [1.82, 2.24) is 20.4 Å². The van der Waals surface area contributed by atoms with Gasteiger partial charge < -0.3 is 15.5 Å².